The van der Waals surface area contributed by atoms with Gasteiger partial charge in [0.1, 0.15) is 11.6 Å². The quantitative estimate of drug-likeness (QED) is 0.748. The van der Waals surface area contributed by atoms with Gasteiger partial charge in [0.05, 0.1) is 18.4 Å². The van der Waals surface area contributed by atoms with Crippen molar-refractivity contribution in [3.8, 4) is 0 Å². The molecule has 3 atom stereocenters. The van der Waals surface area contributed by atoms with E-state index in [0.717, 1.165) is 0 Å². The number of carbonyl (C=O) groups excluding carboxylic acids is 2. The van der Waals surface area contributed by atoms with Gasteiger partial charge in [0.25, 0.3) is 0 Å². The lowest BCUT2D eigenvalue weighted by Crippen LogP contribution is -2.47. The van der Waals surface area contributed by atoms with Gasteiger partial charge in [-0.15, -0.1) is 0 Å². The summed E-state index contributed by atoms with van der Waals surface area (Å²) in [5, 5.41) is 19.0. The molecule has 1 heterocycles. The number of rotatable bonds is 4. The number of ether oxygens (including phenoxy) is 1. The molecule has 0 spiro atoms. The highest BCUT2D eigenvalue weighted by Crippen LogP contribution is 2.33. The predicted octanol–water partition coefficient (Wildman–Crippen LogP) is 1.43. The number of aliphatic hydroxyl groups excluding tert-OH is 1. The topological polar surface area (TPSA) is 104 Å². The third-order valence-electron chi connectivity index (χ3n) is 3.98. The number of amides is 1. The fraction of sp³-hybridized carbons (Fsp3) is 0.824. The molecule has 138 valence electrons. The molecule has 0 aromatic carbocycles. The van der Waals surface area contributed by atoms with Crippen LogP contribution >= 0.6 is 0 Å². The predicted molar refractivity (Wildman–Crippen MR) is 87.2 cm³/mol. The van der Waals surface area contributed by atoms with E-state index in [1.807, 2.05) is 20.8 Å². The normalized spacial score (nSPS) is 23.0. The monoisotopic (exact) mass is 343 g/mol. The van der Waals surface area contributed by atoms with E-state index in [2.05, 4.69) is 0 Å². The van der Waals surface area contributed by atoms with Crippen molar-refractivity contribution in [1.82, 2.24) is 4.90 Å². The third-order valence-corrected chi connectivity index (χ3v) is 3.98. The van der Waals surface area contributed by atoms with Crippen LogP contribution in [0.5, 0.6) is 0 Å². The first-order valence-electron chi connectivity index (χ1n) is 8.15. The molecule has 0 aliphatic carbocycles. The first kappa shape index (κ1) is 20.4. The summed E-state index contributed by atoms with van der Waals surface area (Å²) in [7, 11) is 0. The first-order valence-corrected chi connectivity index (χ1v) is 8.15. The van der Waals surface area contributed by atoms with Gasteiger partial charge in [0.2, 0.25) is 5.91 Å². The van der Waals surface area contributed by atoms with Gasteiger partial charge in [-0.1, -0.05) is 20.8 Å². The molecule has 0 unspecified atom stereocenters. The fourth-order valence-electron chi connectivity index (χ4n) is 2.81. The second kappa shape index (κ2) is 7.09. The average molecular weight is 343 g/mol. The lowest BCUT2D eigenvalue weighted by Gasteiger charge is -2.34. The number of hydrogen-bond donors (Lipinski definition) is 2. The Morgan fingerprint density at radius 1 is 1.17 bits per heavy atom. The summed E-state index contributed by atoms with van der Waals surface area (Å²) >= 11 is 0. The summed E-state index contributed by atoms with van der Waals surface area (Å²) in [6.07, 6.45) is -0.986. The van der Waals surface area contributed by atoms with Crippen molar-refractivity contribution in [3.05, 3.63) is 0 Å². The van der Waals surface area contributed by atoms with Gasteiger partial charge >= 0.3 is 11.9 Å². The number of carbonyl (C=O) groups is 3. The van der Waals surface area contributed by atoms with E-state index in [9.17, 15) is 24.6 Å². The maximum absolute atomic E-state index is 12.9. The van der Waals surface area contributed by atoms with Gasteiger partial charge in [-0.05, 0) is 26.2 Å². The highest BCUT2D eigenvalue weighted by atomic mass is 16.6. The Morgan fingerprint density at radius 2 is 1.71 bits per heavy atom. The van der Waals surface area contributed by atoms with Crippen LogP contribution in [0.2, 0.25) is 0 Å². The van der Waals surface area contributed by atoms with E-state index in [0.29, 0.717) is 0 Å². The van der Waals surface area contributed by atoms with Crippen LogP contribution in [-0.4, -0.2) is 57.3 Å². The Bertz CT molecular complexity index is 502. The molecule has 7 heteroatoms. The van der Waals surface area contributed by atoms with Crippen LogP contribution in [0.3, 0.4) is 0 Å². The molecule has 1 rings (SSSR count). The van der Waals surface area contributed by atoms with Gasteiger partial charge in [0, 0.05) is 13.0 Å². The summed E-state index contributed by atoms with van der Waals surface area (Å²) in [5.41, 5.74) is -1.21. The Kier molecular flexibility index (Phi) is 6.03. The van der Waals surface area contributed by atoms with E-state index >= 15 is 0 Å². The zero-order chi connectivity index (χ0) is 18.9. The Morgan fingerprint density at radius 3 is 2.12 bits per heavy atom. The van der Waals surface area contributed by atoms with E-state index in [1.54, 1.807) is 20.8 Å². The highest BCUT2D eigenvalue weighted by Gasteiger charge is 2.44. The SMILES string of the molecule is CC(C)(C)OC(=O)C[C@H](C(=O)N1C[C@@H](O)C[C@H]1C(=O)O)C(C)(C)C. The van der Waals surface area contributed by atoms with E-state index < -0.39 is 46.9 Å². The van der Waals surface area contributed by atoms with Crippen LogP contribution in [0.25, 0.3) is 0 Å². The van der Waals surface area contributed by atoms with Crippen LogP contribution in [0, 0.1) is 11.3 Å². The Labute approximate surface area is 143 Å². The van der Waals surface area contributed by atoms with Crippen molar-refractivity contribution in [2.45, 2.75) is 72.1 Å². The van der Waals surface area contributed by atoms with Crippen LogP contribution in [0.4, 0.5) is 0 Å². The zero-order valence-electron chi connectivity index (χ0n) is 15.3. The van der Waals surface area contributed by atoms with Crippen molar-refractivity contribution in [2.24, 2.45) is 11.3 Å². The van der Waals surface area contributed by atoms with Gasteiger partial charge in [-0.3, -0.25) is 9.59 Å². The molecule has 7 nitrogen and oxygen atoms in total. The summed E-state index contributed by atoms with van der Waals surface area (Å²) in [6.45, 7) is 10.7. The number of hydrogen-bond acceptors (Lipinski definition) is 5. The van der Waals surface area contributed by atoms with Crippen molar-refractivity contribution in [1.29, 1.82) is 0 Å². The molecule has 0 bridgehead atoms. The number of likely N-dealkylation sites (tertiary alicyclic amines) is 1. The molecule has 24 heavy (non-hydrogen) atoms. The molecule has 0 radical (unpaired) electrons. The van der Waals surface area contributed by atoms with Crippen LogP contribution < -0.4 is 0 Å². The van der Waals surface area contributed by atoms with Crippen LogP contribution in [0.15, 0.2) is 0 Å². The molecular weight excluding hydrogens is 314 g/mol. The number of β-amino-alcohol motifs (C(OH)–C–C–N with tert-alkyl or cyclic N) is 1. The second-order valence-corrected chi connectivity index (χ2v) is 8.44. The second-order valence-electron chi connectivity index (χ2n) is 8.44. The van der Waals surface area contributed by atoms with Gasteiger partial charge in [-0.2, -0.15) is 0 Å². The minimum atomic E-state index is -1.15. The van der Waals surface area contributed by atoms with E-state index in [4.69, 9.17) is 4.74 Å². The summed E-state index contributed by atoms with van der Waals surface area (Å²) in [5.74, 6) is -2.80. The Hall–Kier alpha value is -1.63. The molecule has 0 aromatic heterocycles. The van der Waals surface area contributed by atoms with E-state index in [-0.39, 0.29) is 19.4 Å². The lowest BCUT2D eigenvalue weighted by molar-refractivity contribution is -0.161. The van der Waals surface area contributed by atoms with Crippen molar-refractivity contribution in [3.63, 3.8) is 0 Å². The van der Waals surface area contributed by atoms with E-state index in [1.165, 1.54) is 4.90 Å². The summed E-state index contributed by atoms with van der Waals surface area (Å²) < 4.78 is 5.30. The zero-order valence-corrected chi connectivity index (χ0v) is 15.3. The number of carboxylic acid groups (broad SMARTS) is 1. The highest BCUT2D eigenvalue weighted by molar-refractivity contribution is 5.88. The molecule has 1 saturated heterocycles. The molecule has 0 aromatic rings. The number of aliphatic carboxylic acids is 1. The molecule has 1 aliphatic rings. The molecule has 2 N–H and O–H groups in total. The molecule has 0 saturated carbocycles. The fourth-order valence-corrected chi connectivity index (χ4v) is 2.81. The molecule has 1 aliphatic heterocycles. The van der Waals surface area contributed by atoms with Crippen molar-refractivity contribution < 1.29 is 29.3 Å². The number of carboxylic acids is 1. The number of esters is 1. The standard InChI is InChI=1S/C17H29NO6/c1-16(2,3)11(8-13(20)24-17(4,5)6)14(21)18-9-10(19)7-12(18)15(22)23/h10-12,19H,7-9H2,1-6H3,(H,22,23)/t10-,11+,12-/m0/s1. The maximum atomic E-state index is 12.9. The maximum Gasteiger partial charge on any atom is 0.326 e. The van der Waals surface area contributed by atoms with Gasteiger partial charge in [-0.25, -0.2) is 4.79 Å². The molecule has 1 fully saturated rings. The Balaban J connectivity index is 2.98. The molecule has 1 amide bonds. The average Bonchev–Trinajstić information content (AvgIpc) is 2.74. The lowest BCUT2D eigenvalue weighted by atomic mass is 9.77. The first-order chi connectivity index (χ1) is 10.7. The summed E-state index contributed by atoms with van der Waals surface area (Å²) in [6, 6.07) is -1.06. The summed E-state index contributed by atoms with van der Waals surface area (Å²) in [4.78, 5) is 37.6. The van der Waals surface area contributed by atoms with Crippen molar-refractivity contribution >= 4 is 17.8 Å². The van der Waals surface area contributed by atoms with Crippen LogP contribution in [0.1, 0.15) is 54.4 Å². The number of aliphatic hydroxyl groups is 1. The van der Waals surface area contributed by atoms with Crippen molar-refractivity contribution in [2.75, 3.05) is 6.54 Å². The molecular formula is C17H29NO6. The van der Waals surface area contributed by atoms with Gasteiger partial charge < -0.3 is 19.8 Å². The van der Waals surface area contributed by atoms with Gasteiger partial charge in [0.15, 0.2) is 0 Å². The number of nitrogens with zero attached hydrogens (tertiary/aromatic N) is 1. The smallest absolute Gasteiger partial charge is 0.326 e. The van der Waals surface area contributed by atoms with Crippen LogP contribution in [-0.2, 0) is 19.1 Å². The minimum absolute atomic E-state index is 0.00434. The minimum Gasteiger partial charge on any atom is -0.480 e. The third kappa shape index (κ3) is 5.47. The largest absolute Gasteiger partial charge is 0.480 e.